The van der Waals surface area contributed by atoms with E-state index in [1.54, 1.807) is 44.4 Å². The molecule has 0 radical (unpaired) electrons. The van der Waals surface area contributed by atoms with Gasteiger partial charge in [-0.25, -0.2) is 8.42 Å². The van der Waals surface area contributed by atoms with Gasteiger partial charge in [-0.15, -0.1) is 11.3 Å². The lowest BCUT2D eigenvalue weighted by Crippen LogP contribution is -2.43. The van der Waals surface area contributed by atoms with Gasteiger partial charge in [0.05, 0.1) is 22.8 Å². The van der Waals surface area contributed by atoms with Crippen molar-refractivity contribution in [3.05, 3.63) is 41.1 Å². The third-order valence-corrected chi connectivity index (χ3v) is 8.93. The molecule has 0 aliphatic carbocycles. The number of thiophene rings is 1. The number of aryl methyl sites for hydroxylation is 1. The third-order valence-electron chi connectivity index (χ3n) is 5.76. The van der Waals surface area contributed by atoms with Crippen molar-refractivity contribution in [2.45, 2.75) is 44.4 Å². The first-order valence-corrected chi connectivity index (χ1v) is 13.3. The Morgan fingerprint density at radius 2 is 2.03 bits per heavy atom. The molecule has 1 saturated heterocycles. The number of ether oxygens (including phenoxy) is 1. The molecule has 3 heterocycles. The fourth-order valence-corrected chi connectivity index (χ4v) is 6.84. The van der Waals surface area contributed by atoms with Crippen LogP contribution < -0.4 is 10.1 Å². The molecular weight excluding hydrogens is 476 g/mol. The lowest BCUT2D eigenvalue weighted by molar-refractivity contribution is -0.120. The van der Waals surface area contributed by atoms with Crippen molar-refractivity contribution < 1.29 is 22.5 Å². The normalized spacial score (nSPS) is 17.1. The molecule has 1 N–H and O–H groups in total. The molecule has 9 nitrogen and oxygen atoms in total. The van der Waals surface area contributed by atoms with Crippen LogP contribution in [0.3, 0.4) is 0 Å². The van der Waals surface area contributed by atoms with Gasteiger partial charge in [0, 0.05) is 29.6 Å². The monoisotopic (exact) mass is 504 g/mol. The van der Waals surface area contributed by atoms with Gasteiger partial charge in [0.15, 0.2) is 0 Å². The lowest BCUT2D eigenvalue weighted by Gasteiger charge is -2.31. The Kier molecular flexibility index (Phi) is 7.06. The second kappa shape index (κ2) is 9.85. The van der Waals surface area contributed by atoms with E-state index in [2.05, 4.69) is 15.5 Å². The molecule has 0 spiro atoms. The Morgan fingerprint density at radius 1 is 1.29 bits per heavy atom. The van der Waals surface area contributed by atoms with Gasteiger partial charge in [-0.1, -0.05) is 19.0 Å². The van der Waals surface area contributed by atoms with Crippen LogP contribution in [0.2, 0.25) is 0 Å². The number of benzene rings is 1. The van der Waals surface area contributed by atoms with Crippen LogP contribution in [0.5, 0.6) is 5.75 Å². The average Bonchev–Trinajstić information content (AvgIpc) is 3.47. The molecule has 34 heavy (non-hydrogen) atoms. The Balaban J connectivity index is 1.49. The summed E-state index contributed by atoms with van der Waals surface area (Å²) in [5.74, 6) is 1.04. The van der Waals surface area contributed by atoms with Gasteiger partial charge in [0.25, 0.3) is 0 Å². The maximum atomic E-state index is 13.5. The minimum absolute atomic E-state index is 0.0832. The van der Waals surface area contributed by atoms with Gasteiger partial charge in [-0.3, -0.25) is 4.79 Å². The zero-order valence-corrected chi connectivity index (χ0v) is 21.2. The molecule has 0 saturated carbocycles. The summed E-state index contributed by atoms with van der Waals surface area (Å²) in [7, 11) is -2.20. The smallest absolute Gasteiger partial charge is 0.244 e. The van der Waals surface area contributed by atoms with E-state index in [1.165, 1.54) is 15.6 Å². The van der Waals surface area contributed by atoms with Crippen LogP contribution in [0.15, 0.2) is 39.8 Å². The van der Waals surface area contributed by atoms with Crippen molar-refractivity contribution in [2.75, 3.05) is 25.5 Å². The number of nitrogens with one attached hydrogen (secondary N) is 1. The highest BCUT2D eigenvalue weighted by molar-refractivity contribution is 7.89. The van der Waals surface area contributed by atoms with Crippen LogP contribution in [0.25, 0.3) is 10.7 Å². The summed E-state index contributed by atoms with van der Waals surface area (Å²) < 4.78 is 38.8. The molecule has 3 aromatic rings. The van der Waals surface area contributed by atoms with Crippen LogP contribution in [0.1, 0.15) is 43.4 Å². The summed E-state index contributed by atoms with van der Waals surface area (Å²) in [6.07, 6.45) is 1.24. The van der Waals surface area contributed by atoms with Crippen molar-refractivity contribution in [3.8, 4) is 16.5 Å². The highest BCUT2D eigenvalue weighted by atomic mass is 32.2. The number of aromatic nitrogens is 2. The summed E-state index contributed by atoms with van der Waals surface area (Å²) in [5, 5.41) is 6.88. The SMILES string of the molecule is COc1ccc(NC(=O)[C@H]2CCCN(S(=O)(=O)c3cc(-c4noc(C(C)C)n4)sc3C)C2)cc1. The van der Waals surface area contributed by atoms with Gasteiger partial charge in [-0.2, -0.15) is 9.29 Å². The number of hydrogen-bond donors (Lipinski definition) is 1. The number of anilines is 1. The number of sulfonamides is 1. The molecular formula is C23H28N4O5S2. The summed E-state index contributed by atoms with van der Waals surface area (Å²) >= 11 is 1.31. The van der Waals surface area contributed by atoms with E-state index in [0.29, 0.717) is 52.3 Å². The third kappa shape index (κ3) is 5.01. The number of carbonyl (C=O) groups excluding carboxylic acids is 1. The fourth-order valence-electron chi connectivity index (χ4n) is 3.83. The lowest BCUT2D eigenvalue weighted by atomic mass is 9.99. The maximum absolute atomic E-state index is 13.5. The molecule has 4 rings (SSSR count). The zero-order chi connectivity index (χ0) is 24.5. The predicted molar refractivity (Wildman–Crippen MR) is 130 cm³/mol. The number of nitrogens with zero attached hydrogens (tertiary/aromatic N) is 3. The van der Waals surface area contributed by atoms with E-state index in [0.717, 1.165) is 0 Å². The highest BCUT2D eigenvalue weighted by Gasteiger charge is 2.35. The predicted octanol–water partition coefficient (Wildman–Crippen LogP) is 4.28. The number of methoxy groups -OCH3 is 1. The molecule has 1 amide bonds. The van der Waals surface area contributed by atoms with Crippen LogP contribution in [-0.2, 0) is 14.8 Å². The largest absolute Gasteiger partial charge is 0.497 e. The highest BCUT2D eigenvalue weighted by Crippen LogP contribution is 2.35. The quantitative estimate of drug-likeness (QED) is 0.511. The van der Waals surface area contributed by atoms with Crippen LogP contribution in [0, 0.1) is 12.8 Å². The average molecular weight is 505 g/mol. The number of piperidine rings is 1. The molecule has 1 fully saturated rings. The first-order valence-electron chi connectivity index (χ1n) is 11.1. The van der Waals surface area contributed by atoms with Gasteiger partial charge >= 0.3 is 0 Å². The van der Waals surface area contributed by atoms with Gasteiger partial charge < -0.3 is 14.6 Å². The molecule has 1 aliphatic rings. The van der Waals surface area contributed by atoms with Gasteiger partial charge in [-0.05, 0) is 50.1 Å². The molecule has 11 heteroatoms. The van der Waals surface area contributed by atoms with E-state index in [-0.39, 0.29) is 23.3 Å². The Labute approximate surface area is 203 Å². The molecule has 2 aromatic heterocycles. The van der Waals surface area contributed by atoms with Gasteiger partial charge in [0.2, 0.25) is 27.6 Å². The first kappa shape index (κ1) is 24.4. The summed E-state index contributed by atoms with van der Waals surface area (Å²) in [6, 6.07) is 8.64. The Bertz CT molecular complexity index is 1260. The van der Waals surface area contributed by atoms with Crippen molar-refractivity contribution in [1.82, 2.24) is 14.4 Å². The van der Waals surface area contributed by atoms with Crippen molar-refractivity contribution in [1.29, 1.82) is 0 Å². The van der Waals surface area contributed by atoms with Crippen molar-refractivity contribution in [2.24, 2.45) is 5.92 Å². The van der Waals surface area contributed by atoms with E-state index in [9.17, 15) is 13.2 Å². The minimum Gasteiger partial charge on any atom is -0.497 e. The Morgan fingerprint density at radius 3 is 2.68 bits per heavy atom. The molecule has 1 aliphatic heterocycles. The fraction of sp³-hybridized carbons (Fsp3) is 0.435. The van der Waals surface area contributed by atoms with E-state index in [4.69, 9.17) is 9.26 Å². The summed E-state index contributed by atoms with van der Waals surface area (Å²) in [5.41, 5.74) is 0.644. The second-order valence-corrected chi connectivity index (χ2v) is 11.7. The molecule has 182 valence electrons. The van der Waals surface area contributed by atoms with E-state index < -0.39 is 15.9 Å². The topological polar surface area (TPSA) is 115 Å². The maximum Gasteiger partial charge on any atom is 0.244 e. The zero-order valence-electron chi connectivity index (χ0n) is 19.6. The number of carbonyl (C=O) groups is 1. The second-order valence-electron chi connectivity index (χ2n) is 8.56. The van der Waals surface area contributed by atoms with Crippen molar-refractivity contribution >= 4 is 33.0 Å². The summed E-state index contributed by atoms with van der Waals surface area (Å²) in [4.78, 5) is 18.7. The summed E-state index contributed by atoms with van der Waals surface area (Å²) in [6.45, 7) is 6.17. The number of hydrogen-bond acceptors (Lipinski definition) is 8. The van der Waals surface area contributed by atoms with Crippen LogP contribution in [0.4, 0.5) is 5.69 Å². The molecule has 1 aromatic carbocycles. The van der Waals surface area contributed by atoms with Crippen molar-refractivity contribution in [3.63, 3.8) is 0 Å². The first-order chi connectivity index (χ1) is 16.2. The van der Waals surface area contributed by atoms with Gasteiger partial charge in [0.1, 0.15) is 5.75 Å². The molecule has 1 atom stereocenters. The standard InChI is InChI=1S/C23H28N4O5S2/c1-14(2)23-25-21(26-32-23)19-12-20(15(3)33-19)34(29,30)27-11-5-6-16(13-27)22(28)24-17-7-9-18(31-4)10-8-17/h7-10,12,14,16H,5-6,11,13H2,1-4H3,(H,24,28)/t16-/m0/s1. The molecule has 0 unspecified atom stereocenters. The number of amides is 1. The minimum atomic E-state index is -3.78. The van der Waals surface area contributed by atoms with E-state index in [1.807, 2.05) is 13.8 Å². The number of rotatable bonds is 7. The van der Waals surface area contributed by atoms with Crippen LogP contribution in [-0.4, -0.2) is 49.0 Å². The Hall–Kier alpha value is -2.76. The van der Waals surface area contributed by atoms with Crippen LogP contribution >= 0.6 is 11.3 Å². The van der Waals surface area contributed by atoms with E-state index >= 15 is 0 Å². The molecule has 0 bridgehead atoms.